The molecule has 88 valence electrons. The summed E-state index contributed by atoms with van der Waals surface area (Å²) in [7, 11) is 0. The first-order chi connectivity index (χ1) is 8.29. The SMILES string of the molecule is CCc1cccc(C(O)Cc2cccnc2)c1. The van der Waals surface area contributed by atoms with E-state index in [1.54, 1.807) is 12.4 Å². The molecule has 0 aliphatic carbocycles. The van der Waals surface area contributed by atoms with Crippen molar-refractivity contribution in [1.29, 1.82) is 0 Å². The molecule has 1 aromatic carbocycles. The van der Waals surface area contributed by atoms with Crippen molar-refractivity contribution in [3.63, 3.8) is 0 Å². The molecule has 0 spiro atoms. The molecule has 2 nitrogen and oxygen atoms in total. The van der Waals surface area contributed by atoms with Gasteiger partial charge >= 0.3 is 0 Å². The molecular formula is C15H17NO. The number of rotatable bonds is 4. The molecule has 0 radical (unpaired) electrons. The number of nitrogens with zero attached hydrogens (tertiary/aromatic N) is 1. The standard InChI is InChI=1S/C15H17NO/c1-2-12-5-3-7-14(9-12)15(17)10-13-6-4-8-16-11-13/h3-9,11,15,17H,2,10H2,1H3. The largest absolute Gasteiger partial charge is 0.388 e. The topological polar surface area (TPSA) is 33.1 Å². The summed E-state index contributed by atoms with van der Waals surface area (Å²) in [6, 6.07) is 12.0. The highest BCUT2D eigenvalue weighted by Crippen LogP contribution is 2.19. The monoisotopic (exact) mass is 227 g/mol. The highest BCUT2D eigenvalue weighted by molar-refractivity contribution is 5.26. The smallest absolute Gasteiger partial charge is 0.0831 e. The third kappa shape index (κ3) is 3.14. The second-order valence-electron chi connectivity index (χ2n) is 4.18. The molecule has 0 bridgehead atoms. The number of aromatic nitrogens is 1. The van der Waals surface area contributed by atoms with Crippen LogP contribution in [0.3, 0.4) is 0 Å². The summed E-state index contributed by atoms with van der Waals surface area (Å²) < 4.78 is 0. The average molecular weight is 227 g/mol. The molecule has 1 N–H and O–H groups in total. The summed E-state index contributed by atoms with van der Waals surface area (Å²) in [4.78, 5) is 4.05. The van der Waals surface area contributed by atoms with Crippen molar-refractivity contribution in [3.8, 4) is 0 Å². The van der Waals surface area contributed by atoms with Gasteiger partial charge in [0.05, 0.1) is 6.10 Å². The summed E-state index contributed by atoms with van der Waals surface area (Å²) in [5, 5.41) is 10.2. The van der Waals surface area contributed by atoms with Gasteiger partial charge in [-0.2, -0.15) is 0 Å². The van der Waals surface area contributed by atoms with Gasteiger partial charge in [-0.25, -0.2) is 0 Å². The fraction of sp³-hybridized carbons (Fsp3) is 0.267. The van der Waals surface area contributed by atoms with Crippen LogP contribution in [0.1, 0.15) is 29.7 Å². The van der Waals surface area contributed by atoms with Crippen LogP contribution in [0.4, 0.5) is 0 Å². The molecule has 2 heteroatoms. The molecule has 0 saturated carbocycles. The van der Waals surface area contributed by atoms with E-state index >= 15 is 0 Å². The van der Waals surface area contributed by atoms with Gasteiger partial charge in [0, 0.05) is 18.8 Å². The number of aliphatic hydroxyl groups excluding tert-OH is 1. The maximum atomic E-state index is 10.2. The Balaban J connectivity index is 2.11. The molecule has 0 fully saturated rings. The van der Waals surface area contributed by atoms with Crippen molar-refractivity contribution in [3.05, 3.63) is 65.5 Å². The van der Waals surface area contributed by atoms with E-state index in [9.17, 15) is 5.11 Å². The van der Waals surface area contributed by atoms with Crippen LogP contribution in [0.5, 0.6) is 0 Å². The van der Waals surface area contributed by atoms with E-state index in [1.807, 2.05) is 24.3 Å². The van der Waals surface area contributed by atoms with Gasteiger partial charge in [0.25, 0.3) is 0 Å². The van der Waals surface area contributed by atoms with Crippen LogP contribution in [-0.4, -0.2) is 10.1 Å². The summed E-state index contributed by atoms with van der Waals surface area (Å²) in [5.41, 5.74) is 3.29. The zero-order chi connectivity index (χ0) is 12.1. The fourth-order valence-corrected chi connectivity index (χ4v) is 1.88. The second kappa shape index (κ2) is 5.60. The Morgan fingerprint density at radius 2 is 2.00 bits per heavy atom. The highest BCUT2D eigenvalue weighted by Gasteiger charge is 2.08. The zero-order valence-electron chi connectivity index (χ0n) is 10.0. The second-order valence-corrected chi connectivity index (χ2v) is 4.18. The van der Waals surface area contributed by atoms with Gasteiger partial charge < -0.3 is 5.11 Å². The predicted octanol–water partition coefficient (Wildman–Crippen LogP) is 2.92. The third-order valence-electron chi connectivity index (χ3n) is 2.90. The Morgan fingerprint density at radius 3 is 2.71 bits per heavy atom. The molecule has 0 amide bonds. The Morgan fingerprint density at radius 1 is 1.18 bits per heavy atom. The number of benzene rings is 1. The van der Waals surface area contributed by atoms with E-state index < -0.39 is 6.10 Å². The molecule has 1 unspecified atom stereocenters. The normalized spacial score (nSPS) is 12.4. The van der Waals surface area contributed by atoms with E-state index in [0.29, 0.717) is 6.42 Å². The van der Waals surface area contributed by atoms with Crippen LogP contribution in [0.15, 0.2) is 48.8 Å². The first kappa shape index (κ1) is 11.8. The minimum Gasteiger partial charge on any atom is -0.388 e. The molecule has 0 aliphatic heterocycles. The molecule has 1 atom stereocenters. The summed E-state index contributed by atoms with van der Waals surface area (Å²) >= 11 is 0. The lowest BCUT2D eigenvalue weighted by Gasteiger charge is -2.11. The molecule has 2 rings (SSSR count). The molecule has 17 heavy (non-hydrogen) atoms. The summed E-state index contributed by atoms with van der Waals surface area (Å²) in [6.07, 6.45) is 4.69. The van der Waals surface area contributed by atoms with E-state index in [-0.39, 0.29) is 0 Å². The van der Waals surface area contributed by atoms with E-state index in [0.717, 1.165) is 17.5 Å². The zero-order valence-corrected chi connectivity index (χ0v) is 10.0. The predicted molar refractivity (Wildman–Crippen MR) is 68.7 cm³/mol. The van der Waals surface area contributed by atoms with Crippen molar-refractivity contribution >= 4 is 0 Å². The Kier molecular flexibility index (Phi) is 3.89. The van der Waals surface area contributed by atoms with Gasteiger partial charge in [-0.15, -0.1) is 0 Å². The lowest BCUT2D eigenvalue weighted by molar-refractivity contribution is 0.178. The van der Waals surface area contributed by atoms with E-state index in [2.05, 4.69) is 24.0 Å². The van der Waals surface area contributed by atoms with Crippen molar-refractivity contribution in [2.45, 2.75) is 25.9 Å². The first-order valence-electron chi connectivity index (χ1n) is 5.95. The van der Waals surface area contributed by atoms with Crippen molar-refractivity contribution < 1.29 is 5.11 Å². The molecule has 0 saturated heterocycles. The molecule has 0 aliphatic rings. The maximum absolute atomic E-state index is 10.2. The van der Waals surface area contributed by atoms with Gasteiger partial charge in [0.2, 0.25) is 0 Å². The summed E-state index contributed by atoms with van der Waals surface area (Å²) in [5.74, 6) is 0. The Hall–Kier alpha value is -1.67. The van der Waals surface area contributed by atoms with E-state index in [4.69, 9.17) is 0 Å². The van der Waals surface area contributed by atoms with Crippen LogP contribution in [0, 0.1) is 0 Å². The van der Waals surface area contributed by atoms with Crippen molar-refractivity contribution in [2.75, 3.05) is 0 Å². The molecule has 1 heterocycles. The highest BCUT2D eigenvalue weighted by atomic mass is 16.3. The van der Waals surface area contributed by atoms with Crippen LogP contribution in [0.25, 0.3) is 0 Å². The fourth-order valence-electron chi connectivity index (χ4n) is 1.88. The van der Waals surface area contributed by atoms with Crippen LogP contribution in [0.2, 0.25) is 0 Å². The molecule has 1 aromatic heterocycles. The van der Waals surface area contributed by atoms with Crippen LogP contribution < -0.4 is 0 Å². The van der Waals surface area contributed by atoms with Gasteiger partial charge in [-0.05, 0) is 29.2 Å². The van der Waals surface area contributed by atoms with Crippen molar-refractivity contribution in [1.82, 2.24) is 4.98 Å². The van der Waals surface area contributed by atoms with E-state index in [1.165, 1.54) is 5.56 Å². The van der Waals surface area contributed by atoms with Gasteiger partial charge in [0.1, 0.15) is 0 Å². The first-order valence-corrected chi connectivity index (χ1v) is 5.95. The lowest BCUT2D eigenvalue weighted by Crippen LogP contribution is -2.02. The number of aryl methyl sites for hydroxylation is 1. The molecular weight excluding hydrogens is 210 g/mol. The van der Waals surface area contributed by atoms with Gasteiger partial charge in [-0.3, -0.25) is 4.98 Å². The Bertz CT molecular complexity index is 467. The van der Waals surface area contributed by atoms with Gasteiger partial charge in [0.15, 0.2) is 0 Å². The number of hydrogen-bond donors (Lipinski definition) is 1. The lowest BCUT2D eigenvalue weighted by atomic mass is 10.00. The number of pyridine rings is 1. The number of hydrogen-bond acceptors (Lipinski definition) is 2. The third-order valence-corrected chi connectivity index (χ3v) is 2.90. The maximum Gasteiger partial charge on any atom is 0.0831 e. The summed E-state index contributed by atoms with van der Waals surface area (Å²) in [6.45, 7) is 2.12. The van der Waals surface area contributed by atoms with Gasteiger partial charge in [-0.1, -0.05) is 37.3 Å². The number of aliphatic hydroxyl groups is 1. The van der Waals surface area contributed by atoms with Crippen LogP contribution in [-0.2, 0) is 12.8 Å². The van der Waals surface area contributed by atoms with Crippen LogP contribution >= 0.6 is 0 Å². The average Bonchev–Trinajstić information content (AvgIpc) is 2.40. The quantitative estimate of drug-likeness (QED) is 0.871. The minimum atomic E-state index is -0.453. The minimum absolute atomic E-state index is 0.453. The Labute approximate surface area is 102 Å². The van der Waals surface area contributed by atoms with Crippen molar-refractivity contribution in [2.24, 2.45) is 0 Å². The molecule has 2 aromatic rings.